The van der Waals surface area contributed by atoms with E-state index < -0.39 is 16.0 Å². The maximum atomic E-state index is 12.6. The summed E-state index contributed by atoms with van der Waals surface area (Å²) in [6.45, 7) is -0.199. The molecule has 1 aliphatic rings. The Balaban J connectivity index is 1.63. The van der Waals surface area contributed by atoms with Crippen LogP contribution >= 0.6 is 0 Å². The van der Waals surface area contributed by atoms with E-state index in [1.54, 1.807) is 36.4 Å². The van der Waals surface area contributed by atoms with Gasteiger partial charge in [-0.2, -0.15) is 0 Å². The summed E-state index contributed by atoms with van der Waals surface area (Å²) in [5.74, 6) is 0.502. The van der Waals surface area contributed by atoms with Gasteiger partial charge in [-0.15, -0.1) is 0 Å². The third-order valence-corrected chi connectivity index (χ3v) is 6.36. The van der Waals surface area contributed by atoms with Gasteiger partial charge in [0.25, 0.3) is 10.0 Å². The lowest BCUT2D eigenvalue weighted by atomic mass is 9.84. The zero-order chi connectivity index (χ0) is 20.0. The van der Waals surface area contributed by atoms with Gasteiger partial charge in [-0.25, -0.2) is 13.2 Å². The van der Waals surface area contributed by atoms with E-state index in [-0.39, 0.29) is 11.5 Å². The molecule has 150 valence electrons. The molecule has 28 heavy (non-hydrogen) atoms. The van der Waals surface area contributed by atoms with Gasteiger partial charge in [0, 0.05) is 5.69 Å². The van der Waals surface area contributed by atoms with Crippen LogP contribution in [0.3, 0.4) is 0 Å². The summed E-state index contributed by atoms with van der Waals surface area (Å²) in [5, 5.41) is 0. The fourth-order valence-electron chi connectivity index (χ4n) is 3.39. The largest absolute Gasteiger partial charge is 0.482 e. The fraction of sp³-hybridized carbons (Fsp3) is 0.381. The lowest BCUT2D eigenvalue weighted by Gasteiger charge is -2.22. The molecule has 0 saturated heterocycles. The predicted molar refractivity (Wildman–Crippen MR) is 107 cm³/mol. The number of ether oxygens (including phenoxy) is 2. The number of esters is 1. The number of methoxy groups -OCH3 is 1. The van der Waals surface area contributed by atoms with Crippen LogP contribution in [0.2, 0.25) is 0 Å². The van der Waals surface area contributed by atoms with Crippen LogP contribution in [0.5, 0.6) is 5.75 Å². The molecule has 2 aromatic rings. The quantitative estimate of drug-likeness (QED) is 0.704. The molecule has 1 N–H and O–H groups in total. The normalized spacial score (nSPS) is 15.0. The van der Waals surface area contributed by atoms with E-state index in [4.69, 9.17) is 4.74 Å². The number of carbonyl (C=O) groups is 1. The van der Waals surface area contributed by atoms with Crippen LogP contribution in [-0.4, -0.2) is 28.1 Å². The monoisotopic (exact) mass is 403 g/mol. The number of sulfonamides is 1. The Kier molecular flexibility index (Phi) is 6.57. The predicted octanol–water partition coefficient (Wildman–Crippen LogP) is 4.09. The minimum atomic E-state index is -3.67. The molecule has 0 radical (unpaired) electrons. The Morgan fingerprint density at radius 2 is 1.64 bits per heavy atom. The second-order valence-corrected chi connectivity index (χ2v) is 8.58. The summed E-state index contributed by atoms with van der Waals surface area (Å²) in [4.78, 5) is 11.3. The maximum absolute atomic E-state index is 12.6. The van der Waals surface area contributed by atoms with Crippen molar-refractivity contribution in [1.82, 2.24) is 0 Å². The lowest BCUT2D eigenvalue weighted by molar-refractivity contribution is -0.142. The molecule has 0 unspecified atom stereocenters. The van der Waals surface area contributed by atoms with E-state index in [9.17, 15) is 13.2 Å². The van der Waals surface area contributed by atoms with Crippen molar-refractivity contribution in [2.24, 2.45) is 0 Å². The van der Waals surface area contributed by atoms with Gasteiger partial charge in [0.1, 0.15) is 5.75 Å². The maximum Gasteiger partial charge on any atom is 0.343 e. The summed E-state index contributed by atoms with van der Waals surface area (Å²) in [7, 11) is -2.39. The van der Waals surface area contributed by atoms with Crippen LogP contribution in [0, 0.1) is 0 Å². The van der Waals surface area contributed by atoms with Gasteiger partial charge in [-0.1, -0.05) is 31.4 Å². The number of benzene rings is 2. The van der Waals surface area contributed by atoms with E-state index in [1.807, 2.05) is 12.1 Å². The fourth-order valence-corrected chi connectivity index (χ4v) is 4.45. The molecule has 3 rings (SSSR count). The van der Waals surface area contributed by atoms with Gasteiger partial charge >= 0.3 is 5.97 Å². The minimum Gasteiger partial charge on any atom is -0.482 e. The van der Waals surface area contributed by atoms with Crippen molar-refractivity contribution in [2.75, 3.05) is 18.4 Å². The topological polar surface area (TPSA) is 81.7 Å². The Hall–Kier alpha value is -2.54. The molecular formula is C21H25NO5S. The highest BCUT2D eigenvalue weighted by molar-refractivity contribution is 7.92. The van der Waals surface area contributed by atoms with Crippen LogP contribution in [0.4, 0.5) is 5.69 Å². The summed E-state index contributed by atoms with van der Waals surface area (Å²) >= 11 is 0. The highest BCUT2D eigenvalue weighted by Gasteiger charge is 2.18. The molecular weight excluding hydrogens is 378 g/mol. The third kappa shape index (κ3) is 5.25. The van der Waals surface area contributed by atoms with Crippen molar-refractivity contribution >= 4 is 21.7 Å². The van der Waals surface area contributed by atoms with Crippen LogP contribution in [-0.2, 0) is 19.6 Å². The van der Waals surface area contributed by atoms with Gasteiger partial charge < -0.3 is 9.47 Å². The van der Waals surface area contributed by atoms with E-state index in [2.05, 4.69) is 9.46 Å². The molecule has 1 aliphatic carbocycles. The van der Waals surface area contributed by atoms with Crippen LogP contribution < -0.4 is 9.46 Å². The molecule has 0 spiro atoms. The zero-order valence-corrected chi connectivity index (χ0v) is 16.7. The average Bonchev–Trinajstić information content (AvgIpc) is 2.73. The summed E-state index contributed by atoms with van der Waals surface area (Å²) in [6.07, 6.45) is 6.13. The first-order chi connectivity index (χ1) is 13.5. The smallest absolute Gasteiger partial charge is 0.343 e. The second kappa shape index (κ2) is 9.10. The standard InChI is InChI=1S/C21H25NO5S/c1-26-21(23)15-27-19-11-9-18(10-12-19)22-28(24,25)20-13-7-17(8-14-20)16-5-3-2-4-6-16/h7-14,16,22H,2-6,15H2,1H3. The summed E-state index contributed by atoms with van der Waals surface area (Å²) in [6, 6.07) is 13.5. The molecule has 1 fully saturated rings. The Morgan fingerprint density at radius 3 is 2.25 bits per heavy atom. The van der Waals surface area contributed by atoms with E-state index >= 15 is 0 Å². The molecule has 0 heterocycles. The van der Waals surface area contributed by atoms with Crippen molar-refractivity contribution in [1.29, 1.82) is 0 Å². The molecule has 0 atom stereocenters. The van der Waals surface area contributed by atoms with Gasteiger partial charge in [-0.05, 0) is 60.7 Å². The number of carbonyl (C=O) groups excluding carboxylic acids is 1. The van der Waals surface area contributed by atoms with Crippen molar-refractivity contribution in [3.05, 3.63) is 54.1 Å². The number of nitrogens with one attached hydrogen (secondary N) is 1. The molecule has 0 aromatic heterocycles. The van der Waals surface area contributed by atoms with Crippen molar-refractivity contribution < 1.29 is 22.7 Å². The number of rotatable bonds is 7. The number of hydrogen-bond acceptors (Lipinski definition) is 5. The van der Waals surface area contributed by atoms with Gasteiger partial charge in [-0.3, -0.25) is 4.72 Å². The SMILES string of the molecule is COC(=O)COc1ccc(NS(=O)(=O)c2ccc(C3CCCCC3)cc2)cc1. The highest BCUT2D eigenvalue weighted by atomic mass is 32.2. The molecule has 0 aliphatic heterocycles. The zero-order valence-electron chi connectivity index (χ0n) is 15.9. The molecule has 0 amide bonds. The first kappa shape index (κ1) is 20.2. The summed E-state index contributed by atoms with van der Waals surface area (Å²) in [5.41, 5.74) is 1.63. The number of anilines is 1. The molecule has 0 bridgehead atoms. The van der Waals surface area contributed by atoms with Crippen LogP contribution in [0.15, 0.2) is 53.4 Å². The average molecular weight is 404 g/mol. The third-order valence-electron chi connectivity index (χ3n) is 4.96. The van der Waals surface area contributed by atoms with Gasteiger partial charge in [0.05, 0.1) is 12.0 Å². The number of hydrogen-bond donors (Lipinski definition) is 1. The summed E-state index contributed by atoms with van der Waals surface area (Å²) < 4.78 is 37.6. The van der Waals surface area contributed by atoms with E-state index in [0.717, 1.165) is 0 Å². The van der Waals surface area contributed by atoms with Crippen molar-refractivity contribution in [2.45, 2.75) is 42.9 Å². The van der Waals surface area contributed by atoms with Gasteiger partial charge in [0.2, 0.25) is 0 Å². The lowest BCUT2D eigenvalue weighted by Crippen LogP contribution is -2.14. The second-order valence-electron chi connectivity index (χ2n) is 6.90. The molecule has 6 nitrogen and oxygen atoms in total. The highest BCUT2D eigenvalue weighted by Crippen LogP contribution is 2.33. The van der Waals surface area contributed by atoms with E-state index in [0.29, 0.717) is 17.4 Å². The Bertz CT molecular complexity index is 885. The van der Waals surface area contributed by atoms with E-state index in [1.165, 1.54) is 44.8 Å². The first-order valence-electron chi connectivity index (χ1n) is 9.40. The van der Waals surface area contributed by atoms with Crippen molar-refractivity contribution in [3.63, 3.8) is 0 Å². The molecule has 2 aromatic carbocycles. The molecule has 1 saturated carbocycles. The van der Waals surface area contributed by atoms with Crippen LogP contribution in [0.25, 0.3) is 0 Å². The molecule has 7 heteroatoms. The van der Waals surface area contributed by atoms with Crippen molar-refractivity contribution in [3.8, 4) is 5.75 Å². The van der Waals surface area contributed by atoms with Gasteiger partial charge in [0.15, 0.2) is 6.61 Å². The first-order valence-corrected chi connectivity index (χ1v) is 10.9. The Morgan fingerprint density at radius 1 is 1.00 bits per heavy atom. The minimum absolute atomic E-state index is 0.199. The Labute approximate surface area is 165 Å². The van der Waals surface area contributed by atoms with Crippen LogP contribution in [0.1, 0.15) is 43.6 Å².